The average molecular weight is 459 g/mol. The van der Waals surface area contributed by atoms with E-state index in [4.69, 9.17) is 10.7 Å². The Morgan fingerprint density at radius 1 is 1.15 bits per heavy atom. The zero-order valence-electron chi connectivity index (χ0n) is 19.1. The predicted molar refractivity (Wildman–Crippen MR) is 128 cm³/mol. The molecule has 174 valence electrons. The largest absolute Gasteiger partial charge is 0.390 e. The maximum Gasteiger partial charge on any atom is 0.155 e. The van der Waals surface area contributed by atoms with Gasteiger partial charge in [0.15, 0.2) is 5.82 Å². The molecule has 4 heterocycles. The Balaban J connectivity index is 1.32. The summed E-state index contributed by atoms with van der Waals surface area (Å²) in [7, 11) is 0. The van der Waals surface area contributed by atoms with Gasteiger partial charge in [-0.2, -0.15) is 5.10 Å². The normalized spacial score (nSPS) is 19.2. The van der Waals surface area contributed by atoms with Gasteiger partial charge in [0.1, 0.15) is 11.3 Å². The Morgan fingerprint density at radius 3 is 2.71 bits per heavy atom. The molecule has 7 nitrogen and oxygen atoms in total. The van der Waals surface area contributed by atoms with Crippen molar-refractivity contribution in [3.63, 3.8) is 0 Å². The van der Waals surface area contributed by atoms with E-state index in [9.17, 15) is 9.50 Å². The second-order valence-corrected chi connectivity index (χ2v) is 9.46. The predicted octanol–water partition coefficient (Wildman–Crippen LogP) is 3.57. The number of piperidine rings is 1. The van der Waals surface area contributed by atoms with Gasteiger partial charge in [0, 0.05) is 30.9 Å². The molecular weight excluding hydrogens is 431 g/mol. The third kappa shape index (κ3) is 3.05. The molecule has 1 atom stereocenters. The first-order valence-corrected chi connectivity index (χ1v) is 11.7. The molecule has 34 heavy (non-hydrogen) atoms. The Morgan fingerprint density at radius 2 is 1.94 bits per heavy atom. The van der Waals surface area contributed by atoms with Crippen molar-refractivity contribution < 1.29 is 9.50 Å². The van der Waals surface area contributed by atoms with Crippen LogP contribution < -0.4 is 10.6 Å². The van der Waals surface area contributed by atoms with Gasteiger partial charge in [-0.1, -0.05) is 12.1 Å². The van der Waals surface area contributed by atoms with E-state index in [0.717, 1.165) is 66.2 Å². The van der Waals surface area contributed by atoms with Gasteiger partial charge >= 0.3 is 0 Å². The van der Waals surface area contributed by atoms with Crippen molar-refractivity contribution in [1.29, 1.82) is 0 Å². The summed E-state index contributed by atoms with van der Waals surface area (Å²) >= 11 is 0. The summed E-state index contributed by atoms with van der Waals surface area (Å²) < 4.78 is 16.4. The highest BCUT2D eigenvalue weighted by molar-refractivity contribution is 5.75. The second kappa shape index (κ2) is 7.85. The molecule has 3 aromatic heterocycles. The van der Waals surface area contributed by atoms with Gasteiger partial charge < -0.3 is 15.7 Å². The molecule has 0 radical (unpaired) electrons. The third-order valence-corrected chi connectivity index (χ3v) is 7.74. The number of aliphatic hydroxyl groups excluding tert-OH is 1. The van der Waals surface area contributed by atoms with Crippen LogP contribution in [0.3, 0.4) is 0 Å². The number of halogens is 1. The number of hydrogen-bond donors (Lipinski definition) is 2. The van der Waals surface area contributed by atoms with E-state index < -0.39 is 0 Å². The van der Waals surface area contributed by atoms with Gasteiger partial charge in [-0.3, -0.25) is 4.98 Å². The smallest absolute Gasteiger partial charge is 0.155 e. The average Bonchev–Trinajstić information content (AvgIpc) is 3.44. The monoisotopic (exact) mass is 458 g/mol. The SMILES string of the molecule is Cc1nc(N2CCC3(CC2)Cc2c(ccnc2CO)[C@H]3N)c2ccnn2c1-c1ccccc1F. The summed E-state index contributed by atoms with van der Waals surface area (Å²) in [6, 6.07) is 10.6. The molecule has 4 aromatic rings. The van der Waals surface area contributed by atoms with Crippen molar-refractivity contribution in [2.45, 2.75) is 38.8 Å². The first-order valence-electron chi connectivity index (χ1n) is 11.7. The van der Waals surface area contributed by atoms with Crippen LogP contribution in [0.4, 0.5) is 10.2 Å². The highest BCUT2D eigenvalue weighted by Crippen LogP contribution is 2.51. The lowest BCUT2D eigenvalue weighted by Crippen LogP contribution is -2.44. The number of nitrogens with two attached hydrogens (primary N) is 1. The molecule has 0 saturated carbocycles. The van der Waals surface area contributed by atoms with Crippen molar-refractivity contribution >= 4 is 11.3 Å². The summed E-state index contributed by atoms with van der Waals surface area (Å²) in [5, 5.41) is 14.3. The molecule has 2 aliphatic rings. The maximum atomic E-state index is 14.6. The zero-order valence-corrected chi connectivity index (χ0v) is 19.1. The molecule has 3 N–H and O–H groups in total. The fraction of sp³-hybridized carbons (Fsp3) is 0.346. The topological polar surface area (TPSA) is 92.6 Å². The van der Waals surface area contributed by atoms with Crippen molar-refractivity contribution in [1.82, 2.24) is 19.6 Å². The molecule has 0 amide bonds. The lowest BCUT2D eigenvalue weighted by molar-refractivity contribution is 0.186. The number of hydrogen-bond acceptors (Lipinski definition) is 6. The molecule has 1 aliphatic heterocycles. The number of anilines is 1. The number of aliphatic hydroxyl groups is 1. The highest BCUT2D eigenvalue weighted by atomic mass is 19.1. The molecule has 8 heteroatoms. The summed E-state index contributed by atoms with van der Waals surface area (Å²) in [5.74, 6) is 0.579. The summed E-state index contributed by atoms with van der Waals surface area (Å²) in [5.41, 5.74) is 12.5. The molecule has 1 aliphatic carbocycles. The van der Waals surface area contributed by atoms with E-state index in [2.05, 4.69) is 15.0 Å². The number of pyridine rings is 1. The molecule has 1 fully saturated rings. The van der Waals surface area contributed by atoms with E-state index in [1.807, 2.05) is 25.1 Å². The van der Waals surface area contributed by atoms with Crippen molar-refractivity contribution in [2.75, 3.05) is 18.0 Å². The van der Waals surface area contributed by atoms with Gasteiger partial charge in [0.25, 0.3) is 0 Å². The third-order valence-electron chi connectivity index (χ3n) is 7.74. The molecule has 0 unspecified atom stereocenters. The van der Waals surface area contributed by atoms with Crippen molar-refractivity contribution in [3.8, 4) is 11.3 Å². The van der Waals surface area contributed by atoms with Crippen molar-refractivity contribution in [2.24, 2.45) is 11.1 Å². The molecule has 6 rings (SSSR count). The first-order chi connectivity index (χ1) is 16.5. The Bertz CT molecular complexity index is 1390. The fourth-order valence-corrected chi connectivity index (χ4v) is 5.90. The molecule has 1 saturated heterocycles. The van der Waals surface area contributed by atoms with E-state index in [1.54, 1.807) is 29.0 Å². The minimum atomic E-state index is -0.289. The quantitative estimate of drug-likeness (QED) is 0.488. The minimum absolute atomic E-state index is 0.0372. The Labute approximate surface area is 197 Å². The standard InChI is InChI=1S/C26H27FN6O/c1-16-23(18-4-2-3-5-20(18)27)33-22(7-11-30-33)25(31-16)32-12-8-26(9-13-32)14-19-17(24(26)28)6-10-29-21(19)15-34/h2-7,10-11,24,34H,8-9,12-15,28H2,1H3/t24-/m1/s1. The first kappa shape index (κ1) is 21.2. The number of fused-ring (bicyclic) bond motifs is 2. The van der Waals surface area contributed by atoms with Crippen LogP contribution in [0.2, 0.25) is 0 Å². The molecule has 1 aromatic carbocycles. The summed E-state index contributed by atoms with van der Waals surface area (Å²) in [4.78, 5) is 11.6. The number of benzene rings is 1. The van der Waals surface area contributed by atoms with Crippen LogP contribution in [-0.2, 0) is 13.0 Å². The molecular formula is C26H27FN6O. The van der Waals surface area contributed by atoms with E-state index in [1.165, 1.54) is 6.07 Å². The van der Waals surface area contributed by atoms with Crippen molar-refractivity contribution in [3.05, 3.63) is 77.1 Å². The molecule has 1 spiro atoms. The van der Waals surface area contributed by atoms with Crippen LogP contribution in [0.15, 0.2) is 48.8 Å². The summed E-state index contributed by atoms with van der Waals surface area (Å²) in [6.45, 7) is 3.48. The Kier molecular flexibility index (Phi) is 4.89. The van der Waals surface area contributed by atoms with Gasteiger partial charge in [-0.15, -0.1) is 0 Å². The minimum Gasteiger partial charge on any atom is -0.390 e. The number of aryl methyl sites for hydroxylation is 1. The zero-order chi connectivity index (χ0) is 23.4. The van der Waals surface area contributed by atoms with Gasteiger partial charge in [-0.25, -0.2) is 13.9 Å². The van der Waals surface area contributed by atoms with Gasteiger partial charge in [-0.05, 0) is 67.0 Å². The summed E-state index contributed by atoms with van der Waals surface area (Å²) in [6.07, 6.45) is 6.18. The van der Waals surface area contributed by atoms with Crippen LogP contribution in [0.25, 0.3) is 16.8 Å². The maximum absolute atomic E-state index is 14.6. The van der Waals surface area contributed by atoms with E-state index >= 15 is 0 Å². The van der Waals surface area contributed by atoms with E-state index in [-0.39, 0.29) is 23.9 Å². The number of aromatic nitrogens is 4. The lowest BCUT2D eigenvalue weighted by Gasteiger charge is -2.42. The fourth-order valence-electron chi connectivity index (χ4n) is 5.90. The van der Waals surface area contributed by atoms with E-state index in [0.29, 0.717) is 11.3 Å². The number of rotatable bonds is 3. The van der Waals surface area contributed by atoms with Crippen LogP contribution in [0.1, 0.15) is 41.4 Å². The van der Waals surface area contributed by atoms with Crippen LogP contribution >= 0.6 is 0 Å². The van der Waals surface area contributed by atoms with Crippen LogP contribution in [0, 0.1) is 18.2 Å². The highest BCUT2D eigenvalue weighted by Gasteiger charge is 2.47. The van der Waals surface area contributed by atoms with Crippen LogP contribution in [-0.4, -0.2) is 37.8 Å². The number of nitrogens with zero attached hydrogens (tertiary/aromatic N) is 5. The van der Waals surface area contributed by atoms with Crippen LogP contribution in [0.5, 0.6) is 0 Å². The Hall–Kier alpha value is -3.36. The van der Waals surface area contributed by atoms with Gasteiger partial charge in [0.05, 0.1) is 29.9 Å². The lowest BCUT2D eigenvalue weighted by atomic mass is 9.73. The second-order valence-electron chi connectivity index (χ2n) is 9.46. The van der Waals surface area contributed by atoms with Gasteiger partial charge in [0.2, 0.25) is 0 Å². The molecule has 0 bridgehead atoms.